The first kappa shape index (κ1) is 19.2. The minimum absolute atomic E-state index is 0. The SMILES string of the molecule is CCCNC(=O)C1(NC(=O)CCNC)CCCCC1.Cl. The molecule has 0 aromatic carbocycles. The van der Waals surface area contributed by atoms with E-state index in [4.69, 9.17) is 0 Å². The summed E-state index contributed by atoms with van der Waals surface area (Å²) < 4.78 is 0. The Morgan fingerprint density at radius 3 is 2.30 bits per heavy atom. The molecule has 0 atom stereocenters. The van der Waals surface area contributed by atoms with E-state index < -0.39 is 5.54 Å². The molecule has 1 aliphatic carbocycles. The van der Waals surface area contributed by atoms with Crippen molar-refractivity contribution in [3.63, 3.8) is 0 Å². The van der Waals surface area contributed by atoms with Crippen molar-refractivity contribution in [2.45, 2.75) is 57.4 Å². The van der Waals surface area contributed by atoms with Gasteiger partial charge < -0.3 is 16.0 Å². The van der Waals surface area contributed by atoms with Gasteiger partial charge in [0.2, 0.25) is 11.8 Å². The third kappa shape index (κ3) is 5.67. The summed E-state index contributed by atoms with van der Waals surface area (Å²) >= 11 is 0. The van der Waals surface area contributed by atoms with Crippen LogP contribution < -0.4 is 16.0 Å². The molecule has 0 saturated heterocycles. The third-order valence-electron chi connectivity index (χ3n) is 3.66. The molecular weight excluding hydrogens is 278 g/mol. The van der Waals surface area contributed by atoms with Crippen molar-refractivity contribution in [2.75, 3.05) is 20.1 Å². The molecule has 118 valence electrons. The van der Waals surface area contributed by atoms with Gasteiger partial charge in [-0.2, -0.15) is 0 Å². The zero-order valence-electron chi connectivity index (χ0n) is 12.6. The summed E-state index contributed by atoms with van der Waals surface area (Å²) in [7, 11) is 1.82. The fourth-order valence-corrected chi connectivity index (χ4v) is 2.54. The average Bonchev–Trinajstić information content (AvgIpc) is 2.43. The number of hydrogen-bond donors (Lipinski definition) is 3. The number of amides is 2. The first-order chi connectivity index (χ1) is 9.14. The fourth-order valence-electron chi connectivity index (χ4n) is 2.54. The van der Waals surface area contributed by atoms with Crippen LogP contribution in [-0.2, 0) is 9.59 Å². The van der Waals surface area contributed by atoms with Crippen LogP contribution in [0.3, 0.4) is 0 Å². The zero-order valence-corrected chi connectivity index (χ0v) is 13.4. The van der Waals surface area contributed by atoms with Crippen molar-refractivity contribution in [3.8, 4) is 0 Å². The van der Waals surface area contributed by atoms with Crippen LogP contribution in [0.25, 0.3) is 0 Å². The Bertz CT molecular complexity index is 305. The van der Waals surface area contributed by atoms with E-state index in [-0.39, 0.29) is 24.2 Å². The molecule has 0 radical (unpaired) electrons. The molecular formula is C14H28ClN3O2. The van der Waals surface area contributed by atoms with Gasteiger partial charge in [-0.1, -0.05) is 26.2 Å². The van der Waals surface area contributed by atoms with Gasteiger partial charge >= 0.3 is 0 Å². The topological polar surface area (TPSA) is 70.2 Å². The lowest BCUT2D eigenvalue weighted by molar-refractivity contribution is -0.135. The van der Waals surface area contributed by atoms with Gasteiger partial charge in [0.1, 0.15) is 5.54 Å². The number of carbonyl (C=O) groups excluding carboxylic acids is 2. The van der Waals surface area contributed by atoms with E-state index in [1.54, 1.807) is 0 Å². The van der Waals surface area contributed by atoms with E-state index in [0.29, 0.717) is 19.5 Å². The molecule has 6 heteroatoms. The Morgan fingerprint density at radius 2 is 1.75 bits per heavy atom. The fraction of sp³-hybridized carbons (Fsp3) is 0.857. The average molecular weight is 306 g/mol. The highest BCUT2D eigenvalue weighted by atomic mass is 35.5. The van der Waals surface area contributed by atoms with E-state index in [9.17, 15) is 9.59 Å². The molecule has 3 N–H and O–H groups in total. The molecule has 0 aromatic rings. The number of hydrogen-bond acceptors (Lipinski definition) is 3. The first-order valence-corrected chi connectivity index (χ1v) is 7.38. The van der Waals surface area contributed by atoms with Crippen LogP contribution in [0.4, 0.5) is 0 Å². The predicted octanol–water partition coefficient (Wildman–Crippen LogP) is 1.36. The molecule has 1 rings (SSSR count). The van der Waals surface area contributed by atoms with Crippen molar-refractivity contribution < 1.29 is 9.59 Å². The molecule has 0 bridgehead atoms. The maximum atomic E-state index is 12.3. The van der Waals surface area contributed by atoms with Gasteiger partial charge in [0.05, 0.1) is 0 Å². The van der Waals surface area contributed by atoms with Gasteiger partial charge in [-0.05, 0) is 26.3 Å². The van der Waals surface area contributed by atoms with Crippen molar-refractivity contribution in [2.24, 2.45) is 0 Å². The van der Waals surface area contributed by atoms with Crippen LogP contribution >= 0.6 is 12.4 Å². The number of carbonyl (C=O) groups is 2. The second-order valence-corrected chi connectivity index (χ2v) is 5.30. The van der Waals surface area contributed by atoms with E-state index >= 15 is 0 Å². The summed E-state index contributed by atoms with van der Waals surface area (Å²) in [6, 6.07) is 0. The van der Waals surface area contributed by atoms with Crippen LogP contribution in [0.1, 0.15) is 51.9 Å². The lowest BCUT2D eigenvalue weighted by Crippen LogP contribution is -2.60. The van der Waals surface area contributed by atoms with Crippen molar-refractivity contribution >= 4 is 24.2 Å². The zero-order chi connectivity index (χ0) is 14.1. The Hall–Kier alpha value is -0.810. The normalized spacial score (nSPS) is 16.9. The highest BCUT2D eigenvalue weighted by Gasteiger charge is 2.40. The maximum absolute atomic E-state index is 12.3. The summed E-state index contributed by atoms with van der Waals surface area (Å²) in [6.07, 6.45) is 6.00. The van der Waals surface area contributed by atoms with Gasteiger partial charge in [0.25, 0.3) is 0 Å². The molecule has 0 unspecified atom stereocenters. The summed E-state index contributed by atoms with van der Waals surface area (Å²) in [5.74, 6) is -0.0465. The molecule has 0 heterocycles. The predicted molar refractivity (Wildman–Crippen MR) is 83.1 cm³/mol. The smallest absolute Gasteiger partial charge is 0.245 e. The second kappa shape index (κ2) is 10.00. The maximum Gasteiger partial charge on any atom is 0.245 e. The third-order valence-corrected chi connectivity index (χ3v) is 3.66. The van der Waals surface area contributed by atoms with E-state index in [1.165, 1.54) is 0 Å². The molecule has 1 aliphatic rings. The molecule has 0 aromatic heterocycles. The lowest BCUT2D eigenvalue weighted by atomic mass is 9.80. The number of halogens is 1. The summed E-state index contributed by atoms with van der Waals surface area (Å²) in [4.78, 5) is 24.3. The summed E-state index contributed by atoms with van der Waals surface area (Å²) in [5.41, 5.74) is -0.668. The minimum atomic E-state index is -0.668. The Kier molecular flexibility index (Phi) is 9.59. The largest absolute Gasteiger partial charge is 0.354 e. The van der Waals surface area contributed by atoms with Crippen LogP contribution in [-0.4, -0.2) is 37.5 Å². The Labute approximate surface area is 128 Å². The summed E-state index contributed by atoms with van der Waals surface area (Å²) in [6.45, 7) is 3.34. The van der Waals surface area contributed by atoms with E-state index in [0.717, 1.165) is 38.5 Å². The van der Waals surface area contributed by atoms with Gasteiger partial charge in [-0.15, -0.1) is 12.4 Å². The quantitative estimate of drug-likeness (QED) is 0.665. The molecule has 1 fully saturated rings. The van der Waals surface area contributed by atoms with Crippen molar-refractivity contribution in [1.29, 1.82) is 0 Å². The van der Waals surface area contributed by atoms with Crippen LogP contribution in [0.15, 0.2) is 0 Å². The standard InChI is InChI=1S/C14H27N3O2.ClH/c1-3-10-16-13(19)14(8-5-4-6-9-14)17-12(18)7-11-15-2;/h15H,3-11H2,1-2H3,(H,16,19)(H,17,18);1H. The highest BCUT2D eigenvalue weighted by molar-refractivity contribution is 5.91. The molecule has 20 heavy (non-hydrogen) atoms. The Morgan fingerprint density at radius 1 is 1.10 bits per heavy atom. The molecule has 5 nitrogen and oxygen atoms in total. The van der Waals surface area contributed by atoms with Gasteiger partial charge in [0, 0.05) is 19.5 Å². The Balaban J connectivity index is 0.00000361. The van der Waals surface area contributed by atoms with Gasteiger partial charge in [0.15, 0.2) is 0 Å². The number of rotatable bonds is 7. The molecule has 0 aliphatic heterocycles. The van der Waals surface area contributed by atoms with Gasteiger partial charge in [-0.3, -0.25) is 9.59 Å². The van der Waals surface area contributed by atoms with Crippen molar-refractivity contribution in [3.05, 3.63) is 0 Å². The second-order valence-electron chi connectivity index (χ2n) is 5.30. The van der Waals surface area contributed by atoms with Crippen molar-refractivity contribution in [1.82, 2.24) is 16.0 Å². The highest BCUT2D eigenvalue weighted by Crippen LogP contribution is 2.28. The molecule has 1 saturated carbocycles. The van der Waals surface area contributed by atoms with E-state index in [2.05, 4.69) is 16.0 Å². The van der Waals surface area contributed by atoms with Crippen LogP contribution in [0.2, 0.25) is 0 Å². The van der Waals surface area contributed by atoms with E-state index in [1.807, 2.05) is 14.0 Å². The minimum Gasteiger partial charge on any atom is -0.354 e. The lowest BCUT2D eigenvalue weighted by Gasteiger charge is -2.36. The van der Waals surface area contributed by atoms with Crippen LogP contribution in [0.5, 0.6) is 0 Å². The van der Waals surface area contributed by atoms with Gasteiger partial charge in [-0.25, -0.2) is 0 Å². The monoisotopic (exact) mass is 305 g/mol. The molecule has 0 spiro atoms. The molecule has 2 amide bonds. The summed E-state index contributed by atoms with van der Waals surface area (Å²) in [5, 5.41) is 8.87. The number of nitrogens with one attached hydrogen (secondary N) is 3. The first-order valence-electron chi connectivity index (χ1n) is 7.38. The van der Waals surface area contributed by atoms with Crippen LogP contribution in [0, 0.1) is 0 Å².